The molecule has 1 fully saturated rings. The number of nitrogens with zero attached hydrogens (tertiary/aromatic N) is 2. The van der Waals surface area contributed by atoms with Crippen LogP contribution >= 0.6 is 0 Å². The smallest absolute Gasteiger partial charge is 0.142 e. The summed E-state index contributed by atoms with van der Waals surface area (Å²) in [5.41, 5.74) is 1.85. The molecule has 1 unspecified atom stereocenters. The van der Waals surface area contributed by atoms with Gasteiger partial charge in [-0.25, -0.2) is 9.37 Å². The molecule has 1 aromatic rings. The zero-order chi connectivity index (χ0) is 12.7. The van der Waals surface area contributed by atoms with Crippen molar-refractivity contribution in [3.8, 4) is 0 Å². The summed E-state index contributed by atoms with van der Waals surface area (Å²) in [4.78, 5) is 6.95. The zero-order valence-corrected chi connectivity index (χ0v) is 11.0. The van der Waals surface area contributed by atoms with Crippen LogP contribution in [0.2, 0.25) is 0 Å². The fourth-order valence-electron chi connectivity index (χ4n) is 3.08. The molecule has 0 bridgehead atoms. The van der Waals surface area contributed by atoms with E-state index in [0.717, 1.165) is 25.3 Å². The highest BCUT2D eigenvalue weighted by molar-refractivity contribution is 5.56. The largest absolute Gasteiger partial charge is 0.348 e. The van der Waals surface area contributed by atoms with E-state index in [9.17, 15) is 4.39 Å². The SMILES string of the molecule is CCC(F)c1ccc2c(n1)N1[C@@H](CNC[C@H]1C)C2. The summed E-state index contributed by atoms with van der Waals surface area (Å²) < 4.78 is 13.8. The molecule has 2 aliphatic rings. The molecule has 1 N–H and O–H groups in total. The predicted molar refractivity (Wildman–Crippen MR) is 70.7 cm³/mol. The van der Waals surface area contributed by atoms with Crippen molar-refractivity contribution in [2.75, 3.05) is 18.0 Å². The summed E-state index contributed by atoms with van der Waals surface area (Å²) in [7, 11) is 0. The Kier molecular flexibility index (Phi) is 2.98. The van der Waals surface area contributed by atoms with Gasteiger partial charge in [0.2, 0.25) is 0 Å². The number of pyridine rings is 1. The molecule has 3 heterocycles. The van der Waals surface area contributed by atoms with Crippen molar-refractivity contribution in [2.45, 2.75) is 44.9 Å². The van der Waals surface area contributed by atoms with Gasteiger partial charge in [-0.05, 0) is 31.4 Å². The summed E-state index contributed by atoms with van der Waals surface area (Å²) >= 11 is 0. The van der Waals surface area contributed by atoms with Crippen molar-refractivity contribution in [1.29, 1.82) is 0 Å². The summed E-state index contributed by atoms with van der Waals surface area (Å²) in [5.74, 6) is 1.02. The van der Waals surface area contributed by atoms with Crippen LogP contribution in [0, 0.1) is 0 Å². The minimum absolute atomic E-state index is 0.437. The highest BCUT2D eigenvalue weighted by Gasteiger charge is 2.36. The van der Waals surface area contributed by atoms with Crippen LogP contribution in [0.4, 0.5) is 10.2 Å². The maximum absolute atomic E-state index is 13.8. The molecule has 0 radical (unpaired) electrons. The molecule has 1 saturated heterocycles. The van der Waals surface area contributed by atoms with Crippen molar-refractivity contribution in [2.24, 2.45) is 0 Å². The van der Waals surface area contributed by atoms with Crippen LogP contribution in [0.5, 0.6) is 0 Å². The Balaban J connectivity index is 1.96. The Labute approximate surface area is 107 Å². The van der Waals surface area contributed by atoms with Gasteiger partial charge in [0.25, 0.3) is 0 Å². The number of halogens is 1. The molecule has 0 aliphatic carbocycles. The third kappa shape index (κ3) is 1.79. The quantitative estimate of drug-likeness (QED) is 0.871. The summed E-state index contributed by atoms with van der Waals surface area (Å²) in [6.45, 7) is 6.04. The number of hydrogen-bond acceptors (Lipinski definition) is 3. The molecule has 4 heteroatoms. The van der Waals surface area contributed by atoms with E-state index in [1.165, 1.54) is 5.56 Å². The third-order valence-electron chi connectivity index (χ3n) is 4.04. The Hall–Kier alpha value is -1.16. The van der Waals surface area contributed by atoms with Crippen molar-refractivity contribution in [3.63, 3.8) is 0 Å². The molecular formula is C14H20FN3. The van der Waals surface area contributed by atoms with Gasteiger partial charge in [-0.1, -0.05) is 13.0 Å². The van der Waals surface area contributed by atoms with Gasteiger partial charge >= 0.3 is 0 Å². The monoisotopic (exact) mass is 249 g/mol. The normalized spacial score (nSPS) is 27.8. The number of hydrogen-bond donors (Lipinski definition) is 1. The third-order valence-corrected chi connectivity index (χ3v) is 4.04. The van der Waals surface area contributed by atoms with Crippen LogP contribution in [0.1, 0.15) is 37.7 Å². The molecular weight excluding hydrogens is 229 g/mol. The van der Waals surface area contributed by atoms with Gasteiger partial charge in [-0.3, -0.25) is 0 Å². The molecule has 3 rings (SSSR count). The first-order valence-electron chi connectivity index (χ1n) is 6.83. The highest BCUT2D eigenvalue weighted by atomic mass is 19.1. The molecule has 98 valence electrons. The number of aromatic nitrogens is 1. The van der Waals surface area contributed by atoms with E-state index in [1.54, 1.807) is 0 Å². The summed E-state index contributed by atoms with van der Waals surface area (Å²) in [6, 6.07) is 4.84. The fraction of sp³-hybridized carbons (Fsp3) is 0.643. The Morgan fingerprint density at radius 2 is 2.33 bits per heavy atom. The van der Waals surface area contributed by atoms with E-state index in [0.29, 0.717) is 24.2 Å². The van der Waals surface area contributed by atoms with Crippen molar-refractivity contribution in [3.05, 3.63) is 23.4 Å². The van der Waals surface area contributed by atoms with Crippen LogP contribution < -0.4 is 10.2 Å². The first-order chi connectivity index (χ1) is 8.70. The topological polar surface area (TPSA) is 28.2 Å². The number of nitrogens with one attached hydrogen (secondary N) is 1. The Bertz CT molecular complexity index is 449. The predicted octanol–water partition coefficient (Wildman–Crippen LogP) is 2.23. The lowest BCUT2D eigenvalue weighted by Crippen LogP contribution is -2.55. The van der Waals surface area contributed by atoms with E-state index in [2.05, 4.69) is 28.2 Å². The van der Waals surface area contributed by atoms with Gasteiger partial charge in [-0.2, -0.15) is 0 Å². The minimum atomic E-state index is -0.937. The molecule has 2 aliphatic heterocycles. The van der Waals surface area contributed by atoms with Crippen molar-refractivity contribution >= 4 is 5.82 Å². The molecule has 0 aromatic carbocycles. The van der Waals surface area contributed by atoms with E-state index in [4.69, 9.17) is 0 Å². The Morgan fingerprint density at radius 3 is 3.11 bits per heavy atom. The van der Waals surface area contributed by atoms with E-state index in [1.807, 2.05) is 13.0 Å². The van der Waals surface area contributed by atoms with Gasteiger partial charge in [0.05, 0.1) is 5.69 Å². The van der Waals surface area contributed by atoms with Crippen molar-refractivity contribution in [1.82, 2.24) is 10.3 Å². The van der Waals surface area contributed by atoms with Crippen LogP contribution in [-0.2, 0) is 6.42 Å². The number of piperazine rings is 1. The maximum Gasteiger partial charge on any atom is 0.142 e. The minimum Gasteiger partial charge on any atom is -0.348 e. The average Bonchev–Trinajstić information content (AvgIpc) is 2.76. The lowest BCUT2D eigenvalue weighted by atomic mass is 10.1. The number of anilines is 1. The number of fused-ring (bicyclic) bond motifs is 3. The first-order valence-corrected chi connectivity index (χ1v) is 6.83. The second-order valence-electron chi connectivity index (χ2n) is 5.37. The van der Waals surface area contributed by atoms with Crippen LogP contribution in [0.3, 0.4) is 0 Å². The number of rotatable bonds is 2. The molecule has 0 saturated carbocycles. The van der Waals surface area contributed by atoms with E-state index >= 15 is 0 Å². The van der Waals surface area contributed by atoms with Crippen LogP contribution in [0.15, 0.2) is 12.1 Å². The zero-order valence-electron chi connectivity index (χ0n) is 11.0. The average molecular weight is 249 g/mol. The molecule has 18 heavy (non-hydrogen) atoms. The number of alkyl halides is 1. The van der Waals surface area contributed by atoms with Gasteiger partial charge in [0.15, 0.2) is 0 Å². The molecule has 3 atom stereocenters. The first kappa shape index (κ1) is 11.9. The standard InChI is InChI=1S/C14H20FN3/c1-3-12(15)13-5-4-10-6-11-8-16-7-9(2)18(11)14(10)17-13/h4-5,9,11-12,16H,3,6-8H2,1-2H3/t9-,11-,12?/m1/s1. The molecule has 3 nitrogen and oxygen atoms in total. The lowest BCUT2D eigenvalue weighted by molar-refractivity contribution is 0.326. The molecule has 0 amide bonds. The van der Waals surface area contributed by atoms with Gasteiger partial charge in [-0.15, -0.1) is 0 Å². The second kappa shape index (κ2) is 4.50. The molecule has 1 aromatic heterocycles. The fourth-order valence-corrected chi connectivity index (χ4v) is 3.08. The van der Waals surface area contributed by atoms with Gasteiger partial charge < -0.3 is 10.2 Å². The van der Waals surface area contributed by atoms with E-state index in [-0.39, 0.29) is 0 Å². The van der Waals surface area contributed by atoms with E-state index < -0.39 is 6.17 Å². The maximum atomic E-state index is 13.8. The van der Waals surface area contributed by atoms with Gasteiger partial charge in [0, 0.05) is 25.2 Å². The van der Waals surface area contributed by atoms with Crippen LogP contribution in [-0.4, -0.2) is 30.2 Å². The lowest BCUT2D eigenvalue weighted by Gasteiger charge is -2.37. The van der Waals surface area contributed by atoms with Gasteiger partial charge in [0.1, 0.15) is 12.0 Å². The Morgan fingerprint density at radius 1 is 1.50 bits per heavy atom. The van der Waals surface area contributed by atoms with Crippen LogP contribution in [0.25, 0.3) is 0 Å². The molecule has 0 spiro atoms. The highest BCUT2D eigenvalue weighted by Crippen LogP contribution is 2.35. The summed E-state index contributed by atoms with van der Waals surface area (Å²) in [6.07, 6.45) is 0.586. The summed E-state index contributed by atoms with van der Waals surface area (Å²) in [5, 5.41) is 3.45. The van der Waals surface area contributed by atoms with Crippen molar-refractivity contribution < 1.29 is 4.39 Å². The second-order valence-corrected chi connectivity index (χ2v) is 5.37.